The summed E-state index contributed by atoms with van der Waals surface area (Å²) in [6.07, 6.45) is 7.24. The summed E-state index contributed by atoms with van der Waals surface area (Å²) in [6.45, 7) is 13.6. The molecule has 0 spiro atoms. The maximum absolute atomic E-state index is 9.22. The normalized spacial score (nSPS) is 9.28. The molecule has 0 amide bonds. The summed E-state index contributed by atoms with van der Waals surface area (Å²) in [5.74, 6) is 0.0913. The Labute approximate surface area is 112 Å². The monoisotopic (exact) mass is 246 g/mol. The third-order valence-corrected chi connectivity index (χ3v) is 2.70. The highest BCUT2D eigenvalue weighted by molar-refractivity contribution is 5.68. The van der Waals surface area contributed by atoms with Crippen molar-refractivity contribution in [3.05, 3.63) is 48.0 Å². The maximum Gasteiger partial charge on any atom is 0.116 e. The van der Waals surface area contributed by atoms with E-state index in [1.165, 1.54) is 25.7 Å². The summed E-state index contributed by atoms with van der Waals surface area (Å²) >= 11 is 0. The molecule has 0 aliphatic rings. The summed E-state index contributed by atoms with van der Waals surface area (Å²) < 4.78 is 0. The van der Waals surface area contributed by atoms with E-state index in [9.17, 15) is 5.11 Å². The fourth-order valence-electron chi connectivity index (χ4n) is 1.60. The molecule has 1 heteroatoms. The highest BCUT2D eigenvalue weighted by atomic mass is 16.3. The number of benzene rings is 1. The molecule has 0 aliphatic heterocycles. The first-order valence-corrected chi connectivity index (χ1v) is 6.68. The fourth-order valence-corrected chi connectivity index (χ4v) is 1.60. The number of aliphatic hydroxyl groups is 1. The van der Waals surface area contributed by atoms with Crippen LogP contribution >= 0.6 is 0 Å². The average Bonchev–Trinajstić information content (AvgIpc) is 2.37. The van der Waals surface area contributed by atoms with Crippen molar-refractivity contribution in [2.45, 2.75) is 46.5 Å². The predicted octanol–water partition coefficient (Wildman–Crippen LogP) is 5.75. The van der Waals surface area contributed by atoms with Gasteiger partial charge in [-0.15, -0.1) is 0 Å². The molecule has 1 aromatic rings. The Balaban J connectivity index is 0.000000411. The van der Waals surface area contributed by atoms with Gasteiger partial charge in [0.2, 0.25) is 0 Å². The number of aliphatic hydroxyl groups excluding tert-OH is 1. The molecule has 100 valence electrons. The van der Waals surface area contributed by atoms with Crippen LogP contribution in [0.25, 0.3) is 11.8 Å². The topological polar surface area (TPSA) is 20.2 Å². The number of hydrogen-bond donors (Lipinski definition) is 1. The Kier molecular flexibility index (Phi) is 8.73. The summed E-state index contributed by atoms with van der Waals surface area (Å²) in [4.78, 5) is 0. The van der Waals surface area contributed by atoms with Crippen LogP contribution in [-0.4, -0.2) is 5.11 Å². The van der Waals surface area contributed by atoms with Gasteiger partial charge in [0.25, 0.3) is 0 Å². The van der Waals surface area contributed by atoms with Crippen molar-refractivity contribution >= 4 is 11.8 Å². The zero-order valence-corrected chi connectivity index (χ0v) is 12.0. The largest absolute Gasteiger partial charge is 0.508 e. The van der Waals surface area contributed by atoms with Gasteiger partial charge >= 0.3 is 0 Å². The highest BCUT2D eigenvalue weighted by Crippen LogP contribution is 2.18. The molecule has 1 N–H and O–H groups in total. The molecule has 1 aromatic carbocycles. The lowest BCUT2D eigenvalue weighted by Gasteiger charge is -2.04. The molecular weight excluding hydrogens is 220 g/mol. The third-order valence-electron chi connectivity index (χ3n) is 2.70. The molecule has 0 unspecified atom stereocenters. The first-order chi connectivity index (χ1) is 8.56. The average molecular weight is 246 g/mol. The summed E-state index contributed by atoms with van der Waals surface area (Å²) in [5, 5.41) is 9.22. The van der Waals surface area contributed by atoms with Gasteiger partial charge in [0.1, 0.15) is 5.76 Å². The van der Waals surface area contributed by atoms with Gasteiger partial charge < -0.3 is 5.11 Å². The van der Waals surface area contributed by atoms with E-state index < -0.39 is 0 Å². The van der Waals surface area contributed by atoms with Gasteiger partial charge in [-0.25, -0.2) is 0 Å². The molecule has 0 fully saturated rings. The molecule has 0 atom stereocenters. The second-order valence-corrected chi connectivity index (χ2v) is 4.45. The van der Waals surface area contributed by atoms with Crippen molar-refractivity contribution in [1.29, 1.82) is 0 Å². The van der Waals surface area contributed by atoms with Crippen LogP contribution in [0, 0.1) is 6.92 Å². The Morgan fingerprint density at radius 3 is 2.17 bits per heavy atom. The van der Waals surface area contributed by atoms with Gasteiger partial charge in [0, 0.05) is 5.56 Å². The van der Waals surface area contributed by atoms with E-state index >= 15 is 0 Å². The predicted molar refractivity (Wildman–Crippen MR) is 82.7 cm³/mol. The van der Waals surface area contributed by atoms with Crippen LogP contribution in [0.15, 0.2) is 31.4 Å². The summed E-state index contributed by atoms with van der Waals surface area (Å²) in [6, 6.07) is 5.78. The molecule has 1 rings (SSSR count). The number of hydrogen-bond acceptors (Lipinski definition) is 1. The van der Waals surface area contributed by atoms with E-state index in [1.54, 1.807) is 6.08 Å². The van der Waals surface area contributed by atoms with Crippen LogP contribution in [0.1, 0.15) is 56.2 Å². The minimum atomic E-state index is 0.0913. The van der Waals surface area contributed by atoms with E-state index in [2.05, 4.69) is 27.0 Å². The Morgan fingerprint density at radius 2 is 1.78 bits per heavy atom. The zero-order valence-electron chi connectivity index (χ0n) is 12.0. The molecule has 1 nitrogen and oxygen atoms in total. The smallest absolute Gasteiger partial charge is 0.116 e. The van der Waals surface area contributed by atoms with Crippen molar-refractivity contribution in [3.63, 3.8) is 0 Å². The van der Waals surface area contributed by atoms with Gasteiger partial charge in [0.05, 0.1) is 0 Å². The van der Waals surface area contributed by atoms with Crippen molar-refractivity contribution in [2.75, 3.05) is 0 Å². The zero-order chi connectivity index (χ0) is 14.0. The second-order valence-electron chi connectivity index (χ2n) is 4.45. The van der Waals surface area contributed by atoms with Crippen LogP contribution in [0.3, 0.4) is 0 Å². The molecule has 0 bridgehead atoms. The highest BCUT2D eigenvalue weighted by Gasteiger charge is 2.01. The Bertz CT molecular complexity index is 373. The minimum Gasteiger partial charge on any atom is -0.508 e. The van der Waals surface area contributed by atoms with Crippen LogP contribution in [0.5, 0.6) is 0 Å². The molecule has 18 heavy (non-hydrogen) atoms. The minimum absolute atomic E-state index is 0.0913. The molecule has 0 saturated heterocycles. The quantitative estimate of drug-likeness (QED) is 0.518. The summed E-state index contributed by atoms with van der Waals surface area (Å²) in [5.41, 5.74) is 2.77. The molecular formula is C17H26O. The number of aryl methyl sites for hydroxylation is 1. The van der Waals surface area contributed by atoms with Crippen LogP contribution in [0.4, 0.5) is 0 Å². The van der Waals surface area contributed by atoms with Gasteiger partial charge in [0.15, 0.2) is 0 Å². The van der Waals surface area contributed by atoms with Gasteiger partial charge in [-0.1, -0.05) is 76.5 Å². The summed E-state index contributed by atoms with van der Waals surface area (Å²) in [7, 11) is 0. The molecule has 0 radical (unpaired) electrons. The van der Waals surface area contributed by atoms with Crippen molar-refractivity contribution < 1.29 is 5.11 Å². The number of unbranched alkanes of at least 4 members (excludes halogenated alkanes) is 3. The SMILES string of the molecule is C=Cc1ccc(C)cc1C(=C)O.CCCCCC. The fraction of sp³-hybridized carbons (Fsp3) is 0.412. The van der Waals surface area contributed by atoms with Gasteiger partial charge in [-0.2, -0.15) is 0 Å². The van der Waals surface area contributed by atoms with E-state index in [-0.39, 0.29) is 5.76 Å². The lowest BCUT2D eigenvalue weighted by molar-refractivity contribution is 0.513. The maximum atomic E-state index is 9.22. The van der Waals surface area contributed by atoms with E-state index in [0.717, 1.165) is 16.7 Å². The molecule has 0 saturated carbocycles. The van der Waals surface area contributed by atoms with Crippen molar-refractivity contribution in [3.8, 4) is 0 Å². The van der Waals surface area contributed by atoms with Crippen molar-refractivity contribution in [2.24, 2.45) is 0 Å². The van der Waals surface area contributed by atoms with E-state index in [4.69, 9.17) is 0 Å². The molecule has 0 heterocycles. The molecule has 0 aromatic heterocycles. The first-order valence-electron chi connectivity index (χ1n) is 6.68. The lowest BCUT2D eigenvalue weighted by Crippen LogP contribution is -1.87. The van der Waals surface area contributed by atoms with E-state index in [0.29, 0.717) is 0 Å². The van der Waals surface area contributed by atoms with Gasteiger partial charge in [-0.05, 0) is 18.6 Å². The Hall–Kier alpha value is -1.50. The second kappa shape index (κ2) is 9.52. The third kappa shape index (κ3) is 6.29. The first kappa shape index (κ1) is 16.5. The van der Waals surface area contributed by atoms with Gasteiger partial charge in [-0.3, -0.25) is 0 Å². The van der Waals surface area contributed by atoms with Crippen molar-refractivity contribution in [1.82, 2.24) is 0 Å². The number of rotatable bonds is 5. The standard InChI is InChI=1S/C11H12O.C6H14/c1-4-10-6-5-8(2)7-11(10)9(3)12;1-3-5-6-4-2/h4-7,12H,1,3H2,2H3;3-6H2,1-2H3. The lowest BCUT2D eigenvalue weighted by atomic mass is 10.0. The molecule has 0 aliphatic carbocycles. The van der Waals surface area contributed by atoms with Crippen LogP contribution in [0.2, 0.25) is 0 Å². The Morgan fingerprint density at radius 1 is 1.22 bits per heavy atom. The van der Waals surface area contributed by atoms with E-state index in [1.807, 2.05) is 25.1 Å². The van der Waals surface area contributed by atoms with Crippen LogP contribution in [-0.2, 0) is 0 Å². The van der Waals surface area contributed by atoms with Crippen LogP contribution < -0.4 is 0 Å².